The highest BCUT2D eigenvalue weighted by molar-refractivity contribution is 9.10. The van der Waals surface area contributed by atoms with E-state index in [1.807, 2.05) is 30.3 Å². The molecule has 1 N–H and O–H groups in total. The number of terminal acetylenes is 1. The molecule has 2 rings (SSSR count). The minimum atomic E-state index is 0.271. The summed E-state index contributed by atoms with van der Waals surface area (Å²) in [4.78, 5) is 0. The average Bonchev–Trinajstić information content (AvgIpc) is 2.91. The second-order valence-corrected chi connectivity index (χ2v) is 4.84. The van der Waals surface area contributed by atoms with Gasteiger partial charge < -0.3 is 14.5 Å². The molecule has 1 heterocycles. The second-order valence-electron chi connectivity index (χ2n) is 3.93. The van der Waals surface area contributed by atoms with Gasteiger partial charge in [-0.2, -0.15) is 0 Å². The Morgan fingerprint density at radius 3 is 2.95 bits per heavy atom. The maximum atomic E-state index is 5.51. The van der Waals surface area contributed by atoms with Crippen molar-refractivity contribution in [2.24, 2.45) is 0 Å². The van der Waals surface area contributed by atoms with E-state index in [0.717, 1.165) is 21.5 Å². The smallest absolute Gasteiger partial charge is 0.148 e. The molecular formula is C15H14BrNO2. The van der Waals surface area contributed by atoms with E-state index in [1.165, 1.54) is 0 Å². The summed E-state index contributed by atoms with van der Waals surface area (Å²) in [6, 6.07) is 9.66. The standard InChI is InChI=1S/C15H14BrNO2/c1-2-7-19-15-6-5-13(16)9-12(15)10-17-11-14-4-3-8-18-14/h1,3-6,8-9,17H,7,10-11H2. The summed E-state index contributed by atoms with van der Waals surface area (Å²) in [5, 5.41) is 3.30. The van der Waals surface area contributed by atoms with Gasteiger partial charge in [-0.1, -0.05) is 21.9 Å². The fraction of sp³-hybridized carbons (Fsp3) is 0.200. The molecule has 98 valence electrons. The number of hydrogen-bond donors (Lipinski definition) is 1. The minimum Gasteiger partial charge on any atom is -0.481 e. The Labute approximate surface area is 121 Å². The fourth-order valence-corrected chi connectivity index (χ4v) is 2.09. The molecule has 0 fully saturated rings. The van der Waals surface area contributed by atoms with E-state index in [1.54, 1.807) is 6.26 Å². The number of rotatable bonds is 6. The molecule has 0 amide bonds. The van der Waals surface area contributed by atoms with Gasteiger partial charge in [0.2, 0.25) is 0 Å². The van der Waals surface area contributed by atoms with Crippen molar-refractivity contribution in [2.75, 3.05) is 6.61 Å². The Kier molecular flexibility index (Phi) is 5.08. The van der Waals surface area contributed by atoms with Gasteiger partial charge in [0.15, 0.2) is 0 Å². The van der Waals surface area contributed by atoms with E-state index in [2.05, 4.69) is 27.2 Å². The molecular weight excluding hydrogens is 306 g/mol. The predicted molar refractivity (Wildman–Crippen MR) is 77.7 cm³/mol. The van der Waals surface area contributed by atoms with Crippen molar-refractivity contribution in [1.29, 1.82) is 0 Å². The molecule has 1 aromatic carbocycles. The number of nitrogens with one attached hydrogen (secondary N) is 1. The van der Waals surface area contributed by atoms with Crippen molar-refractivity contribution < 1.29 is 9.15 Å². The lowest BCUT2D eigenvalue weighted by Gasteiger charge is -2.10. The zero-order valence-corrected chi connectivity index (χ0v) is 11.9. The number of benzene rings is 1. The Morgan fingerprint density at radius 2 is 2.21 bits per heavy atom. The SMILES string of the molecule is C#CCOc1ccc(Br)cc1CNCc1ccco1. The van der Waals surface area contributed by atoms with Crippen molar-refractivity contribution in [3.63, 3.8) is 0 Å². The van der Waals surface area contributed by atoms with E-state index in [4.69, 9.17) is 15.6 Å². The summed E-state index contributed by atoms with van der Waals surface area (Å²) in [5.41, 5.74) is 1.05. The van der Waals surface area contributed by atoms with E-state index in [-0.39, 0.29) is 6.61 Å². The summed E-state index contributed by atoms with van der Waals surface area (Å²) >= 11 is 3.45. The van der Waals surface area contributed by atoms with Gasteiger partial charge in [0.25, 0.3) is 0 Å². The van der Waals surface area contributed by atoms with Crippen molar-refractivity contribution in [3.8, 4) is 18.1 Å². The van der Waals surface area contributed by atoms with Gasteiger partial charge in [0, 0.05) is 16.6 Å². The first kappa shape index (κ1) is 13.7. The van der Waals surface area contributed by atoms with Crippen LogP contribution in [0.2, 0.25) is 0 Å². The minimum absolute atomic E-state index is 0.271. The van der Waals surface area contributed by atoms with Crippen molar-refractivity contribution in [2.45, 2.75) is 13.1 Å². The highest BCUT2D eigenvalue weighted by Gasteiger charge is 2.05. The van der Waals surface area contributed by atoms with Crippen LogP contribution in [0, 0.1) is 12.3 Å². The van der Waals surface area contributed by atoms with Gasteiger partial charge in [-0.15, -0.1) is 6.42 Å². The molecule has 3 nitrogen and oxygen atoms in total. The van der Waals surface area contributed by atoms with Crippen LogP contribution in [0.3, 0.4) is 0 Å². The largest absolute Gasteiger partial charge is 0.481 e. The van der Waals surface area contributed by atoms with Crippen LogP contribution in [0.1, 0.15) is 11.3 Å². The molecule has 4 heteroatoms. The fourth-order valence-electron chi connectivity index (χ4n) is 1.68. The summed E-state index contributed by atoms with van der Waals surface area (Å²) in [6.45, 7) is 1.63. The topological polar surface area (TPSA) is 34.4 Å². The van der Waals surface area contributed by atoms with E-state index in [9.17, 15) is 0 Å². The quantitative estimate of drug-likeness (QED) is 0.829. The van der Waals surface area contributed by atoms with Crippen LogP contribution < -0.4 is 10.1 Å². The zero-order valence-electron chi connectivity index (χ0n) is 10.4. The molecule has 0 unspecified atom stereocenters. The summed E-state index contributed by atoms with van der Waals surface area (Å²) in [6.07, 6.45) is 6.87. The van der Waals surface area contributed by atoms with Crippen LogP contribution in [0.15, 0.2) is 45.5 Å². The average molecular weight is 320 g/mol. The predicted octanol–water partition coefficient (Wildman–Crippen LogP) is 3.34. The van der Waals surface area contributed by atoms with Crippen LogP contribution in [0.5, 0.6) is 5.75 Å². The molecule has 0 aliphatic rings. The van der Waals surface area contributed by atoms with Crippen LogP contribution in [0.25, 0.3) is 0 Å². The van der Waals surface area contributed by atoms with E-state index < -0.39 is 0 Å². The van der Waals surface area contributed by atoms with Crippen LogP contribution in [0.4, 0.5) is 0 Å². The lowest BCUT2D eigenvalue weighted by Crippen LogP contribution is -2.13. The van der Waals surface area contributed by atoms with Crippen LogP contribution in [-0.4, -0.2) is 6.61 Å². The molecule has 2 aromatic rings. The molecule has 0 saturated carbocycles. The van der Waals surface area contributed by atoms with Crippen LogP contribution in [-0.2, 0) is 13.1 Å². The number of halogens is 1. The number of furan rings is 1. The molecule has 0 aliphatic heterocycles. The summed E-state index contributed by atoms with van der Waals surface area (Å²) in [7, 11) is 0. The van der Waals surface area contributed by atoms with Gasteiger partial charge >= 0.3 is 0 Å². The number of ether oxygens (including phenoxy) is 1. The van der Waals surface area contributed by atoms with Gasteiger partial charge in [0.1, 0.15) is 18.1 Å². The van der Waals surface area contributed by atoms with Crippen molar-refractivity contribution >= 4 is 15.9 Å². The van der Waals surface area contributed by atoms with Gasteiger partial charge in [0.05, 0.1) is 12.8 Å². The number of hydrogen-bond acceptors (Lipinski definition) is 3. The Bertz CT molecular complexity index is 558. The second kappa shape index (κ2) is 7.03. The van der Waals surface area contributed by atoms with E-state index >= 15 is 0 Å². The third-order valence-corrected chi connectivity index (χ3v) is 3.02. The van der Waals surface area contributed by atoms with Gasteiger partial charge in [-0.25, -0.2) is 0 Å². The summed E-state index contributed by atoms with van der Waals surface area (Å²) in [5.74, 6) is 4.17. The Morgan fingerprint density at radius 1 is 1.32 bits per heavy atom. The van der Waals surface area contributed by atoms with Gasteiger partial charge in [-0.05, 0) is 30.3 Å². The Balaban J connectivity index is 1.97. The third kappa shape index (κ3) is 4.16. The molecule has 1 aromatic heterocycles. The first-order chi connectivity index (χ1) is 9.29. The maximum absolute atomic E-state index is 5.51. The monoisotopic (exact) mass is 319 g/mol. The van der Waals surface area contributed by atoms with Crippen molar-refractivity contribution in [1.82, 2.24) is 5.32 Å². The molecule has 19 heavy (non-hydrogen) atoms. The molecule has 0 atom stereocenters. The summed E-state index contributed by atoms with van der Waals surface area (Å²) < 4.78 is 11.8. The lowest BCUT2D eigenvalue weighted by atomic mass is 10.2. The maximum Gasteiger partial charge on any atom is 0.148 e. The highest BCUT2D eigenvalue weighted by Crippen LogP contribution is 2.23. The first-order valence-electron chi connectivity index (χ1n) is 5.87. The third-order valence-electron chi connectivity index (χ3n) is 2.53. The lowest BCUT2D eigenvalue weighted by molar-refractivity contribution is 0.364. The molecule has 0 saturated heterocycles. The van der Waals surface area contributed by atoms with Gasteiger partial charge in [-0.3, -0.25) is 0 Å². The highest BCUT2D eigenvalue weighted by atomic mass is 79.9. The van der Waals surface area contributed by atoms with E-state index in [0.29, 0.717) is 13.1 Å². The zero-order chi connectivity index (χ0) is 13.5. The Hall–Kier alpha value is -1.70. The normalized spacial score (nSPS) is 10.1. The molecule has 0 aliphatic carbocycles. The molecule has 0 radical (unpaired) electrons. The first-order valence-corrected chi connectivity index (χ1v) is 6.66. The van der Waals surface area contributed by atoms with Crippen LogP contribution >= 0.6 is 15.9 Å². The molecule has 0 spiro atoms. The van der Waals surface area contributed by atoms with Crippen molar-refractivity contribution in [3.05, 3.63) is 52.4 Å². The molecule has 0 bridgehead atoms.